The van der Waals surface area contributed by atoms with Crippen LogP contribution in [0.3, 0.4) is 0 Å². The second-order valence-corrected chi connectivity index (χ2v) is 3.67. The average Bonchev–Trinajstić information content (AvgIpc) is 2.23. The molecule has 1 aromatic rings. The van der Waals surface area contributed by atoms with Crippen LogP contribution in [0.2, 0.25) is 0 Å². The monoisotopic (exact) mass is 206 g/mol. The van der Waals surface area contributed by atoms with Gasteiger partial charge in [-0.15, -0.1) is 0 Å². The highest BCUT2D eigenvalue weighted by Gasteiger charge is 2.09. The number of carbonyl (C=O) groups excluding carboxylic acids is 1. The van der Waals surface area contributed by atoms with Crippen molar-refractivity contribution in [2.45, 2.75) is 48.5 Å². The Kier molecular flexibility index (Phi) is 5.27. The van der Waals surface area contributed by atoms with Gasteiger partial charge in [-0.05, 0) is 62.9 Å². The molecule has 0 atom stereocenters. The van der Waals surface area contributed by atoms with E-state index in [1.54, 1.807) is 6.92 Å². The number of rotatable bonds is 1. The third-order valence-electron chi connectivity index (χ3n) is 2.86. The molecule has 0 saturated heterocycles. The van der Waals surface area contributed by atoms with Crippen molar-refractivity contribution in [3.05, 3.63) is 33.9 Å². The molecule has 1 heteroatoms. The van der Waals surface area contributed by atoms with Gasteiger partial charge in [0, 0.05) is 5.56 Å². The number of ketones is 1. The number of aryl methyl sites for hydroxylation is 1. The summed E-state index contributed by atoms with van der Waals surface area (Å²) in [4.78, 5) is 11.3. The van der Waals surface area contributed by atoms with E-state index in [1.807, 2.05) is 33.8 Å². The molecule has 15 heavy (non-hydrogen) atoms. The fourth-order valence-electron chi connectivity index (χ4n) is 1.58. The molecule has 0 bridgehead atoms. The SMILES string of the molecule is CC.CC(=O)c1cc(C)c(C)c(C)c1C. The van der Waals surface area contributed by atoms with Crippen molar-refractivity contribution in [2.75, 3.05) is 0 Å². The van der Waals surface area contributed by atoms with Crippen LogP contribution in [0.15, 0.2) is 6.07 Å². The van der Waals surface area contributed by atoms with Crippen molar-refractivity contribution >= 4 is 5.78 Å². The molecule has 0 aliphatic carbocycles. The first kappa shape index (κ1) is 13.9. The maximum absolute atomic E-state index is 11.3. The molecule has 0 fully saturated rings. The van der Waals surface area contributed by atoms with Crippen molar-refractivity contribution in [3.8, 4) is 0 Å². The van der Waals surface area contributed by atoms with Crippen molar-refractivity contribution in [1.82, 2.24) is 0 Å². The van der Waals surface area contributed by atoms with Gasteiger partial charge in [-0.3, -0.25) is 4.79 Å². The highest BCUT2D eigenvalue weighted by atomic mass is 16.1. The van der Waals surface area contributed by atoms with Gasteiger partial charge in [-0.2, -0.15) is 0 Å². The van der Waals surface area contributed by atoms with Crippen LogP contribution in [-0.2, 0) is 0 Å². The molecule has 0 saturated carbocycles. The molecule has 0 radical (unpaired) electrons. The van der Waals surface area contributed by atoms with E-state index in [1.165, 1.54) is 16.7 Å². The molecule has 1 nitrogen and oxygen atoms in total. The van der Waals surface area contributed by atoms with Crippen LogP contribution in [0.5, 0.6) is 0 Å². The maximum Gasteiger partial charge on any atom is 0.160 e. The van der Waals surface area contributed by atoms with Crippen LogP contribution in [0, 0.1) is 27.7 Å². The Bertz CT molecular complexity index is 362. The molecule has 0 aliphatic heterocycles. The molecule has 84 valence electrons. The number of hydrogen-bond donors (Lipinski definition) is 0. The predicted octanol–water partition coefficient (Wildman–Crippen LogP) is 4.15. The van der Waals surface area contributed by atoms with Crippen LogP contribution in [-0.4, -0.2) is 5.78 Å². The molecule has 1 rings (SSSR count). The van der Waals surface area contributed by atoms with E-state index < -0.39 is 0 Å². The Balaban J connectivity index is 0.000000921. The van der Waals surface area contributed by atoms with Gasteiger partial charge in [0.05, 0.1) is 0 Å². The highest BCUT2D eigenvalue weighted by Crippen LogP contribution is 2.21. The van der Waals surface area contributed by atoms with E-state index in [-0.39, 0.29) is 5.78 Å². The van der Waals surface area contributed by atoms with Crippen molar-refractivity contribution < 1.29 is 4.79 Å². The minimum atomic E-state index is 0.156. The summed E-state index contributed by atoms with van der Waals surface area (Å²) in [5.41, 5.74) is 5.72. The first-order valence-corrected chi connectivity index (χ1v) is 5.53. The number of hydrogen-bond acceptors (Lipinski definition) is 1. The lowest BCUT2D eigenvalue weighted by atomic mass is 9.93. The van der Waals surface area contributed by atoms with E-state index in [9.17, 15) is 4.79 Å². The first-order chi connectivity index (χ1) is 6.95. The molecule has 0 spiro atoms. The normalized spacial score (nSPS) is 9.27. The van der Waals surface area contributed by atoms with Gasteiger partial charge in [-0.25, -0.2) is 0 Å². The van der Waals surface area contributed by atoms with Gasteiger partial charge in [0.2, 0.25) is 0 Å². The second kappa shape index (κ2) is 5.69. The standard InChI is InChI=1S/C12H16O.C2H6/c1-7-6-12(11(5)13)10(4)9(3)8(7)2;1-2/h6H,1-5H3;1-2H3. The zero-order chi connectivity index (χ0) is 12.2. The molecule has 0 aromatic heterocycles. The molecule has 0 aliphatic rings. The Morgan fingerprint density at radius 3 is 1.80 bits per heavy atom. The van der Waals surface area contributed by atoms with Crippen LogP contribution in [0.25, 0.3) is 0 Å². The van der Waals surface area contributed by atoms with Crippen LogP contribution in [0.1, 0.15) is 53.4 Å². The molecule has 0 amide bonds. The topological polar surface area (TPSA) is 17.1 Å². The summed E-state index contributed by atoms with van der Waals surface area (Å²) in [5, 5.41) is 0. The summed E-state index contributed by atoms with van der Waals surface area (Å²) in [6.07, 6.45) is 0. The smallest absolute Gasteiger partial charge is 0.160 e. The second-order valence-electron chi connectivity index (χ2n) is 3.67. The minimum absolute atomic E-state index is 0.156. The molecular weight excluding hydrogens is 184 g/mol. The Morgan fingerprint density at radius 2 is 1.40 bits per heavy atom. The van der Waals surface area contributed by atoms with Gasteiger partial charge >= 0.3 is 0 Å². The average molecular weight is 206 g/mol. The van der Waals surface area contributed by atoms with Gasteiger partial charge in [0.25, 0.3) is 0 Å². The lowest BCUT2D eigenvalue weighted by molar-refractivity contribution is 0.101. The van der Waals surface area contributed by atoms with Gasteiger partial charge in [0.15, 0.2) is 5.78 Å². The van der Waals surface area contributed by atoms with Crippen LogP contribution in [0.4, 0.5) is 0 Å². The first-order valence-electron chi connectivity index (χ1n) is 5.53. The highest BCUT2D eigenvalue weighted by molar-refractivity contribution is 5.96. The molecule has 0 heterocycles. The van der Waals surface area contributed by atoms with Crippen molar-refractivity contribution in [2.24, 2.45) is 0 Å². The van der Waals surface area contributed by atoms with Crippen molar-refractivity contribution in [1.29, 1.82) is 0 Å². The van der Waals surface area contributed by atoms with Crippen molar-refractivity contribution in [3.63, 3.8) is 0 Å². The number of Topliss-reactive ketones (excluding diaryl/α,β-unsaturated/α-hetero) is 1. The summed E-state index contributed by atoms with van der Waals surface area (Å²) in [6, 6.07) is 1.99. The van der Waals surface area contributed by atoms with Gasteiger partial charge in [0.1, 0.15) is 0 Å². The zero-order valence-electron chi connectivity index (χ0n) is 11.0. The summed E-state index contributed by atoms with van der Waals surface area (Å²) < 4.78 is 0. The van der Waals surface area contributed by atoms with E-state index in [0.29, 0.717) is 0 Å². The zero-order valence-corrected chi connectivity index (χ0v) is 11.0. The van der Waals surface area contributed by atoms with E-state index in [0.717, 1.165) is 11.1 Å². The lowest BCUT2D eigenvalue weighted by Crippen LogP contribution is -2.01. The predicted molar refractivity (Wildman–Crippen MR) is 66.7 cm³/mol. The van der Waals surface area contributed by atoms with Crippen LogP contribution >= 0.6 is 0 Å². The van der Waals surface area contributed by atoms with E-state index in [4.69, 9.17) is 0 Å². The molecule has 0 unspecified atom stereocenters. The third kappa shape index (κ3) is 2.92. The molecule has 1 aromatic carbocycles. The summed E-state index contributed by atoms with van der Waals surface area (Å²) >= 11 is 0. The van der Waals surface area contributed by atoms with Crippen LogP contribution < -0.4 is 0 Å². The van der Waals surface area contributed by atoms with Gasteiger partial charge in [-0.1, -0.05) is 13.8 Å². The van der Waals surface area contributed by atoms with E-state index in [2.05, 4.69) is 13.8 Å². The number of benzene rings is 1. The summed E-state index contributed by atoms with van der Waals surface area (Å²) in [5.74, 6) is 0.156. The Morgan fingerprint density at radius 1 is 0.933 bits per heavy atom. The number of carbonyl (C=O) groups is 1. The van der Waals surface area contributed by atoms with Gasteiger partial charge < -0.3 is 0 Å². The molecule has 0 N–H and O–H groups in total. The Hall–Kier alpha value is -1.11. The minimum Gasteiger partial charge on any atom is -0.295 e. The molecular formula is C14H22O. The fourth-order valence-corrected chi connectivity index (χ4v) is 1.58. The quantitative estimate of drug-likeness (QED) is 0.631. The largest absolute Gasteiger partial charge is 0.295 e. The third-order valence-corrected chi connectivity index (χ3v) is 2.86. The van der Waals surface area contributed by atoms with E-state index >= 15 is 0 Å². The maximum atomic E-state index is 11.3. The fraction of sp³-hybridized carbons (Fsp3) is 0.500. The lowest BCUT2D eigenvalue weighted by Gasteiger charge is -2.11. The Labute approximate surface area is 93.5 Å². The summed E-state index contributed by atoms with van der Waals surface area (Å²) in [6.45, 7) is 13.9. The summed E-state index contributed by atoms with van der Waals surface area (Å²) in [7, 11) is 0.